The first-order valence-corrected chi connectivity index (χ1v) is 7.63. The number of fused-ring (bicyclic) bond motifs is 2. The normalized spacial score (nSPS) is 27.6. The number of anilines is 1. The fraction of sp³-hybridized carbons (Fsp3) is 0.667. The Morgan fingerprint density at radius 3 is 2.95 bits per heavy atom. The standard InChI is InChI=1S/C15H22N4O/c1-2-5-17-14-9-16-8-13(18-14)15(20)19-12-7-10-3-4-11(12)6-10/h8-12H,2-7H2,1H3,(H,17,18)(H,19,20). The average Bonchev–Trinajstić information content (AvgIpc) is 3.08. The molecule has 0 spiro atoms. The lowest BCUT2D eigenvalue weighted by Crippen LogP contribution is -2.38. The molecule has 5 heteroatoms. The highest BCUT2D eigenvalue weighted by molar-refractivity contribution is 5.92. The fourth-order valence-corrected chi connectivity index (χ4v) is 3.48. The summed E-state index contributed by atoms with van der Waals surface area (Å²) in [6.07, 6.45) is 9.24. The van der Waals surface area contributed by atoms with E-state index in [1.807, 2.05) is 0 Å². The van der Waals surface area contributed by atoms with Gasteiger partial charge in [0, 0.05) is 12.6 Å². The molecule has 1 amide bonds. The summed E-state index contributed by atoms with van der Waals surface area (Å²) in [6.45, 7) is 2.93. The highest BCUT2D eigenvalue weighted by atomic mass is 16.2. The molecular weight excluding hydrogens is 252 g/mol. The Labute approximate surface area is 119 Å². The Bertz CT molecular complexity index is 491. The predicted octanol–water partition coefficient (Wildman–Crippen LogP) is 2.22. The van der Waals surface area contributed by atoms with Gasteiger partial charge in [-0.1, -0.05) is 13.3 Å². The Hall–Kier alpha value is -1.65. The van der Waals surface area contributed by atoms with Crippen molar-refractivity contribution < 1.29 is 4.79 Å². The van der Waals surface area contributed by atoms with Gasteiger partial charge in [0.15, 0.2) is 0 Å². The Morgan fingerprint density at radius 1 is 1.35 bits per heavy atom. The number of hydrogen-bond donors (Lipinski definition) is 2. The van der Waals surface area contributed by atoms with Gasteiger partial charge in [-0.05, 0) is 37.5 Å². The average molecular weight is 274 g/mol. The number of hydrogen-bond acceptors (Lipinski definition) is 4. The molecule has 2 aliphatic carbocycles. The van der Waals surface area contributed by atoms with Crippen LogP contribution in [0.4, 0.5) is 5.82 Å². The van der Waals surface area contributed by atoms with Crippen molar-refractivity contribution in [1.29, 1.82) is 0 Å². The molecule has 1 heterocycles. The third-order valence-corrected chi connectivity index (χ3v) is 4.48. The minimum Gasteiger partial charge on any atom is -0.369 e. The second kappa shape index (κ2) is 5.77. The van der Waals surface area contributed by atoms with Crippen LogP contribution >= 0.6 is 0 Å². The molecule has 0 aliphatic heterocycles. The second-order valence-electron chi connectivity index (χ2n) is 5.97. The van der Waals surface area contributed by atoms with Gasteiger partial charge in [-0.3, -0.25) is 9.78 Å². The Kier molecular flexibility index (Phi) is 3.85. The smallest absolute Gasteiger partial charge is 0.271 e. The van der Waals surface area contributed by atoms with Gasteiger partial charge in [0.25, 0.3) is 5.91 Å². The van der Waals surface area contributed by atoms with Gasteiger partial charge in [0.05, 0.1) is 12.4 Å². The molecule has 1 aromatic heterocycles. The number of nitrogens with zero attached hydrogens (tertiary/aromatic N) is 2. The summed E-state index contributed by atoms with van der Waals surface area (Å²) in [7, 11) is 0. The van der Waals surface area contributed by atoms with Crippen LogP contribution in [0.25, 0.3) is 0 Å². The van der Waals surface area contributed by atoms with Gasteiger partial charge >= 0.3 is 0 Å². The highest BCUT2D eigenvalue weighted by Crippen LogP contribution is 2.44. The number of amides is 1. The summed E-state index contributed by atoms with van der Waals surface area (Å²) in [6, 6.07) is 0.343. The minimum atomic E-state index is -0.0878. The van der Waals surface area contributed by atoms with Gasteiger partial charge in [0.1, 0.15) is 11.5 Å². The van der Waals surface area contributed by atoms with E-state index in [1.54, 1.807) is 12.4 Å². The van der Waals surface area contributed by atoms with Crippen LogP contribution in [0.3, 0.4) is 0 Å². The van der Waals surface area contributed by atoms with E-state index in [0.717, 1.165) is 25.3 Å². The minimum absolute atomic E-state index is 0.0878. The fourth-order valence-electron chi connectivity index (χ4n) is 3.48. The van der Waals surface area contributed by atoms with E-state index in [4.69, 9.17) is 0 Å². The molecule has 3 atom stereocenters. The van der Waals surface area contributed by atoms with Crippen LogP contribution in [0.15, 0.2) is 12.4 Å². The van der Waals surface area contributed by atoms with E-state index in [0.29, 0.717) is 23.5 Å². The topological polar surface area (TPSA) is 66.9 Å². The number of rotatable bonds is 5. The molecule has 1 aromatic rings. The first-order valence-electron chi connectivity index (χ1n) is 7.63. The van der Waals surface area contributed by atoms with Gasteiger partial charge < -0.3 is 10.6 Å². The molecule has 0 aromatic carbocycles. The molecule has 3 rings (SSSR count). The number of nitrogens with one attached hydrogen (secondary N) is 2. The van der Waals surface area contributed by atoms with Crippen molar-refractivity contribution in [2.24, 2.45) is 11.8 Å². The van der Waals surface area contributed by atoms with Crippen LogP contribution in [-0.2, 0) is 0 Å². The SMILES string of the molecule is CCCNc1cncc(C(=O)NC2CC3CCC2C3)n1. The van der Waals surface area contributed by atoms with Gasteiger partial charge in [0.2, 0.25) is 0 Å². The van der Waals surface area contributed by atoms with Crippen LogP contribution in [0, 0.1) is 11.8 Å². The summed E-state index contributed by atoms with van der Waals surface area (Å²) in [5.74, 6) is 2.09. The highest BCUT2D eigenvalue weighted by Gasteiger charge is 2.40. The molecule has 0 saturated heterocycles. The maximum atomic E-state index is 12.3. The zero-order chi connectivity index (χ0) is 13.9. The quantitative estimate of drug-likeness (QED) is 0.864. The van der Waals surface area contributed by atoms with Crippen molar-refractivity contribution in [3.63, 3.8) is 0 Å². The van der Waals surface area contributed by atoms with Crippen molar-refractivity contribution >= 4 is 11.7 Å². The maximum absolute atomic E-state index is 12.3. The van der Waals surface area contributed by atoms with Crippen molar-refractivity contribution in [1.82, 2.24) is 15.3 Å². The predicted molar refractivity (Wildman–Crippen MR) is 77.5 cm³/mol. The molecule has 2 saturated carbocycles. The molecule has 5 nitrogen and oxygen atoms in total. The van der Waals surface area contributed by atoms with E-state index in [1.165, 1.54) is 19.3 Å². The van der Waals surface area contributed by atoms with E-state index in [-0.39, 0.29) is 5.91 Å². The second-order valence-corrected chi connectivity index (χ2v) is 5.97. The van der Waals surface area contributed by atoms with Gasteiger partial charge in [-0.2, -0.15) is 0 Å². The number of aromatic nitrogens is 2. The summed E-state index contributed by atoms with van der Waals surface area (Å²) < 4.78 is 0. The molecule has 2 aliphatic rings. The molecular formula is C15H22N4O. The van der Waals surface area contributed by atoms with Crippen LogP contribution in [0.5, 0.6) is 0 Å². The molecule has 2 fully saturated rings. The van der Waals surface area contributed by atoms with Crippen LogP contribution < -0.4 is 10.6 Å². The van der Waals surface area contributed by atoms with E-state index < -0.39 is 0 Å². The van der Waals surface area contributed by atoms with Gasteiger partial charge in [-0.15, -0.1) is 0 Å². The summed E-state index contributed by atoms with van der Waals surface area (Å²) in [4.78, 5) is 20.7. The van der Waals surface area contributed by atoms with Crippen molar-refractivity contribution in [3.8, 4) is 0 Å². The lowest BCUT2D eigenvalue weighted by molar-refractivity contribution is 0.0917. The Balaban J connectivity index is 1.62. The molecule has 3 unspecified atom stereocenters. The van der Waals surface area contributed by atoms with Crippen LogP contribution in [0.1, 0.15) is 49.5 Å². The molecule has 20 heavy (non-hydrogen) atoms. The molecule has 2 N–H and O–H groups in total. The van der Waals surface area contributed by atoms with Gasteiger partial charge in [-0.25, -0.2) is 4.98 Å². The number of carbonyl (C=O) groups excluding carboxylic acids is 1. The summed E-state index contributed by atoms with van der Waals surface area (Å²) in [5.41, 5.74) is 0.411. The Morgan fingerprint density at radius 2 is 2.25 bits per heavy atom. The first kappa shape index (κ1) is 13.3. The lowest BCUT2D eigenvalue weighted by atomic mass is 9.95. The van der Waals surface area contributed by atoms with Crippen LogP contribution in [0.2, 0.25) is 0 Å². The van der Waals surface area contributed by atoms with Crippen molar-refractivity contribution in [3.05, 3.63) is 18.1 Å². The monoisotopic (exact) mass is 274 g/mol. The summed E-state index contributed by atoms with van der Waals surface area (Å²) in [5, 5.41) is 6.30. The van der Waals surface area contributed by atoms with Crippen molar-refractivity contribution in [2.75, 3.05) is 11.9 Å². The lowest BCUT2D eigenvalue weighted by Gasteiger charge is -2.22. The van der Waals surface area contributed by atoms with E-state index in [9.17, 15) is 4.79 Å². The summed E-state index contributed by atoms with van der Waals surface area (Å²) >= 11 is 0. The molecule has 108 valence electrons. The van der Waals surface area contributed by atoms with Crippen molar-refractivity contribution in [2.45, 2.75) is 45.1 Å². The zero-order valence-corrected chi connectivity index (χ0v) is 11.9. The molecule has 0 radical (unpaired) electrons. The maximum Gasteiger partial charge on any atom is 0.271 e. The number of carbonyl (C=O) groups is 1. The third-order valence-electron chi connectivity index (χ3n) is 4.48. The van der Waals surface area contributed by atoms with E-state index in [2.05, 4.69) is 27.5 Å². The first-order chi connectivity index (χ1) is 9.76. The van der Waals surface area contributed by atoms with E-state index >= 15 is 0 Å². The third kappa shape index (κ3) is 2.76. The van der Waals surface area contributed by atoms with Crippen LogP contribution in [-0.4, -0.2) is 28.5 Å². The molecule has 2 bridgehead atoms. The largest absolute Gasteiger partial charge is 0.369 e. The zero-order valence-electron chi connectivity index (χ0n) is 11.9.